The number of rotatable bonds is 7. The number of para-hydroxylation sites is 1. The van der Waals surface area contributed by atoms with Crippen molar-refractivity contribution in [3.63, 3.8) is 0 Å². The van der Waals surface area contributed by atoms with Crippen LogP contribution in [0, 0.1) is 6.92 Å². The van der Waals surface area contributed by atoms with Gasteiger partial charge in [-0.05, 0) is 38.0 Å². The summed E-state index contributed by atoms with van der Waals surface area (Å²) in [6, 6.07) is 18.5. The average Bonchev–Trinajstić information content (AvgIpc) is 2.98. The fraction of sp³-hybridized carbons (Fsp3) is 0.292. The Bertz CT molecular complexity index is 1120. The lowest BCUT2D eigenvalue weighted by atomic mass is 9.97. The predicted octanol–water partition coefficient (Wildman–Crippen LogP) is 3.55. The van der Waals surface area contributed by atoms with Crippen molar-refractivity contribution in [3.8, 4) is 5.69 Å². The van der Waals surface area contributed by atoms with Gasteiger partial charge in [-0.2, -0.15) is 0 Å². The molecule has 0 bridgehead atoms. The lowest BCUT2D eigenvalue weighted by Crippen LogP contribution is -2.33. The molecule has 0 aliphatic rings. The van der Waals surface area contributed by atoms with Crippen LogP contribution in [0.25, 0.3) is 5.69 Å². The highest BCUT2D eigenvalue weighted by molar-refractivity contribution is 5.95. The van der Waals surface area contributed by atoms with Gasteiger partial charge in [-0.3, -0.25) is 19.1 Å². The first-order valence-corrected chi connectivity index (χ1v) is 10.3. The molecule has 0 saturated carbocycles. The Balaban J connectivity index is 1.76. The highest BCUT2D eigenvalue weighted by Gasteiger charge is 2.27. The Hall–Kier alpha value is -3.61. The number of hydrogen-bond acceptors (Lipinski definition) is 4. The summed E-state index contributed by atoms with van der Waals surface area (Å²) >= 11 is 0. The SMILES string of the molecule is CC[C@@H](C(=O)O[C@H](C)C(=O)Nc1c(C)n(C)n(-c2ccccc2)c1=O)c1ccccc1. The summed E-state index contributed by atoms with van der Waals surface area (Å²) in [4.78, 5) is 38.3. The van der Waals surface area contributed by atoms with Gasteiger partial charge in [-0.15, -0.1) is 0 Å². The number of esters is 1. The molecule has 0 fully saturated rings. The van der Waals surface area contributed by atoms with Crippen LogP contribution in [0.1, 0.15) is 37.4 Å². The van der Waals surface area contributed by atoms with Gasteiger partial charge in [0, 0.05) is 7.05 Å². The first kappa shape index (κ1) is 22.1. The average molecular weight is 421 g/mol. The van der Waals surface area contributed by atoms with Gasteiger partial charge in [0.05, 0.1) is 17.3 Å². The molecule has 1 N–H and O–H groups in total. The quantitative estimate of drug-likeness (QED) is 0.592. The predicted molar refractivity (Wildman–Crippen MR) is 119 cm³/mol. The van der Waals surface area contributed by atoms with Crippen molar-refractivity contribution in [1.29, 1.82) is 0 Å². The second-order valence-electron chi connectivity index (χ2n) is 7.38. The van der Waals surface area contributed by atoms with Crippen LogP contribution in [0.3, 0.4) is 0 Å². The van der Waals surface area contributed by atoms with Crippen LogP contribution in [0.4, 0.5) is 5.69 Å². The zero-order valence-electron chi connectivity index (χ0n) is 18.2. The van der Waals surface area contributed by atoms with Crippen molar-refractivity contribution in [2.45, 2.75) is 39.2 Å². The first-order valence-electron chi connectivity index (χ1n) is 10.3. The van der Waals surface area contributed by atoms with Crippen LogP contribution in [-0.4, -0.2) is 27.3 Å². The van der Waals surface area contributed by atoms with E-state index in [2.05, 4.69) is 5.32 Å². The Labute approximate surface area is 181 Å². The molecule has 0 aliphatic carbocycles. The number of hydrogen-bond donors (Lipinski definition) is 1. The summed E-state index contributed by atoms with van der Waals surface area (Å²) in [5, 5.41) is 2.64. The molecular formula is C24H27N3O4. The van der Waals surface area contributed by atoms with Crippen molar-refractivity contribution < 1.29 is 14.3 Å². The van der Waals surface area contributed by atoms with E-state index >= 15 is 0 Å². The van der Waals surface area contributed by atoms with E-state index in [9.17, 15) is 14.4 Å². The van der Waals surface area contributed by atoms with Crippen LogP contribution < -0.4 is 10.9 Å². The topological polar surface area (TPSA) is 82.3 Å². The first-order chi connectivity index (χ1) is 14.8. The van der Waals surface area contributed by atoms with E-state index in [-0.39, 0.29) is 11.2 Å². The Kier molecular flexibility index (Phi) is 6.74. The van der Waals surface area contributed by atoms with Gasteiger partial charge >= 0.3 is 5.97 Å². The number of nitrogens with zero attached hydrogens (tertiary/aromatic N) is 2. The molecule has 3 aromatic rings. The van der Waals surface area contributed by atoms with Crippen LogP contribution in [0.15, 0.2) is 65.5 Å². The van der Waals surface area contributed by atoms with Crippen LogP contribution >= 0.6 is 0 Å². The van der Waals surface area contributed by atoms with Crippen molar-refractivity contribution in [2.75, 3.05) is 5.32 Å². The smallest absolute Gasteiger partial charge is 0.314 e. The number of carbonyl (C=O) groups is 2. The highest BCUT2D eigenvalue weighted by Crippen LogP contribution is 2.22. The summed E-state index contributed by atoms with van der Waals surface area (Å²) in [5.41, 5.74) is 1.93. The molecule has 31 heavy (non-hydrogen) atoms. The molecule has 0 saturated heterocycles. The number of ether oxygens (including phenoxy) is 1. The monoisotopic (exact) mass is 421 g/mol. The molecule has 1 amide bonds. The molecule has 1 heterocycles. The van der Waals surface area contributed by atoms with E-state index < -0.39 is 23.9 Å². The van der Waals surface area contributed by atoms with Gasteiger partial charge in [0.15, 0.2) is 6.10 Å². The third-order valence-corrected chi connectivity index (χ3v) is 5.36. The molecular weight excluding hydrogens is 394 g/mol. The van der Waals surface area contributed by atoms with E-state index in [0.29, 0.717) is 17.8 Å². The zero-order valence-corrected chi connectivity index (χ0v) is 18.2. The molecule has 2 aromatic carbocycles. The largest absolute Gasteiger partial charge is 0.452 e. The van der Waals surface area contributed by atoms with E-state index in [1.807, 2.05) is 67.6 Å². The minimum Gasteiger partial charge on any atom is -0.452 e. The molecule has 2 atom stereocenters. The molecule has 0 spiro atoms. The zero-order chi connectivity index (χ0) is 22.5. The molecule has 1 aromatic heterocycles. The number of benzene rings is 2. The fourth-order valence-corrected chi connectivity index (χ4v) is 3.47. The van der Waals surface area contributed by atoms with E-state index in [1.165, 1.54) is 11.6 Å². The standard InChI is InChI=1S/C24H27N3O4/c1-5-20(18-12-8-6-9-13-18)24(30)31-17(3)22(28)25-21-16(2)26(4)27(23(21)29)19-14-10-7-11-15-19/h6-15,17,20H,5H2,1-4H3,(H,25,28)/t17-,20-/m1/s1. The number of carbonyl (C=O) groups excluding carboxylic acids is 2. The second-order valence-corrected chi connectivity index (χ2v) is 7.38. The van der Waals surface area contributed by atoms with Crippen molar-refractivity contribution in [1.82, 2.24) is 9.36 Å². The summed E-state index contributed by atoms with van der Waals surface area (Å²) in [5.74, 6) is -1.48. The van der Waals surface area contributed by atoms with Crippen LogP contribution in [-0.2, 0) is 21.4 Å². The Morgan fingerprint density at radius 3 is 2.19 bits per heavy atom. The van der Waals surface area contributed by atoms with Gasteiger partial charge in [0.25, 0.3) is 11.5 Å². The molecule has 0 unspecified atom stereocenters. The number of nitrogens with one attached hydrogen (secondary N) is 1. The van der Waals surface area contributed by atoms with E-state index in [4.69, 9.17) is 4.74 Å². The second kappa shape index (κ2) is 9.47. The maximum atomic E-state index is 13.0. The van der Waals surface area contributed by atoms with Crippen molar-refractivity contribution >= 4 is 17.6 Å². The summed E-state index contributed by atoms with van der Waals surface area (Å²) in [6.45, 7) is 5.14. The molecule has 0 radical (unpaired) electrons. The summed E-state index contributed by atoms with van der Waals surface area (Å²) in [7, 11) is 1.74. The van der Waals surface area contributed by atoms with E-state index in [0.717, 1.165) is 5.56 Å². The maximum absolute atomic E-state index is 13.0. The van der Waals surface area contributed by atoms with E-state index in [1.54, 1.807) is 18.7 Å². The number of amides is 1. The third kappa shape index (κ3) is 4.60. The summed E-state index contributed by atoms with van der Waals surface area (Å²) in [6.07, 6.45) is -0.494. The highest BCUT2D eigenvalue weighted by atomic mass is 16.5. The summed E-state index contributed by atoms with van der Waals surface area (Å²) < 4.78 is 8.58. The molecule has 3 rings (SSSR count). The van der Waals surface area contributed by atoms with Crippen LogP contribution in [0.5, 0.6) is 0 Å². The number of anilines is 1. The van der Waals surface area contributed by atoms with Crippen LogP contribution in [0.2, 0.25) is 0 Å². The van der Waals surface area contributed by atoms with Gasteiger partial charge in [0.1, 0.15) is 5.69 Å². The minimum atomic E-state index is -1.05. The molecule has 0 aliphatic heterocycles. The normalized spacial score (nSPS) is 12.8. The lowest BCUT2D eigenvalue weighted by Gasteiger charge is -2.18. The fourth-order valence-electron chi connectivity index (χ4n) is 3.47. The molecule has 7 heteroatoms. The van der Waals surface area contributed by atoms with Gasteiger partial charge in [0.2, 0.25) is 0 Å². The lowest BCUT2D eigenvalue weighted by molar-refractivity contribution is -0.154. The van der Waals surface area contributed by atoms with Crippen molar-refractivity contribution in [3.05, 3.63) is 82.3 Å². The van der Waals surface area contributed by atoms with Crippen molar-refractivity contribution in [2.24, 2.45) is 7.05 Å². The maximum Gasteiger partial charge on any atom is 0.314 e. The molecule has 7 nitrogen and oxygen atoms in total. The number of aromatic nitrogens is 2. The van der Waals surface area contributed by atoms with Gasteiger partial charge in [-0.25, -0.2) is 4.68 Å². The Morgan fingerprint density at radius 1 is 1.03 bits per heavy atom. The van der Waals surface area contributed by atoms with Gasteiger partial charge in [-0.1, -0.05) is 55.5 Å². The van der Waals surface area contributed by atoms with Gasteiger partial charge < -0.3 is 10.1 Å². The molecule has 162 valence electrons. The third-order valence-electron chi connectivity index (χ3n) is 5.36. The minimum absolute atomic E-state index is 0.161. The Morgan fingerprint density at radius 2 is 1.61 bits per heavy atom.